The third-order valence-electron chi connectivity index (χ3n) is 3.44. The summed E-state index contributed by atoms with van der Waals surface area (Å²) in [7, 11) is 0. The lowest BCUT2D eigenvalue weighted by molar-refractivity contribution is 0.562. The van der Waals surface area contributed by atoms with Crippen LogP contribution in [0.4, 0.5) is 5.69 Å². The Labute approximate surface area is 125 Å². The fourth-order valence-electron chi connectivity index (χ4n) is 2.26. The Bertz CT molecular complexity index is 488. The predicted molar refractivity (Wildman–Crippen MR) is 88.1 cm³/mol. The van der Waals surface area contributed by atoms with E-state index in [1.165, 1.54) is 24.1 Å². The smallest absolute Gasteiger partial charge is 0.144 e. The maximum atomic E-state index is 12.0. The van der Waals surface area contributed by atoms with Crippen LogP contribution in [0.25, 0.3) is 0 Å². The van der Waals surface area contributed by atoms with Crippen molar-refractivity contribution in [2.24, 2.45) is 4.40 Å². The Morgan fingerprint density at radius 3 is 2.50 bits per heavy atom. The largest absolute Gasteiger partial charge is 0.591 e. The Hall–Kier alpha value is -1.00. The second-order valence-corrected chi connectivity index (χ2v) is 8.29. The van der Waals surface area contributed by atoms with Gasteiger partial charge in [0.1, 0.15) is 16.1 Å². The molecule has 0 N–H and O–H groups in total. The van der Waals surface area contributed by atoms with Gasteiger partial charge in [-0.05, 0) is 52.2 Å². The molecule has 0 amide bonds. The summed E-state index contributed by atoms with van der Waals surface area (Å²) >= 11 is -1.20. The molecule has 1 unspecified atom stereocenters. The minimum Gasteiger partial charge on any atom is -0.591 e. The van der Waals surface area contributed by atoms with Crippen LogP contribution in [-0.4, -0.2) is 28.6 Å². The van der Waals surface area contributed by atoms with Crippen LogP contribution >= 0.6 is 0 Å². The van der Waals surface area contributed by atoms with E-state index in [4.69, 9.17) is 0 Å². The third kappa shape index (κ3) is 3.76. The van der Waals surface area contributed by atoms with Gasteiger partial charge in [-0.15, -0.1) is 0 Å². The van der Waals surface area contributed by atoms with E-state index in [2.05, 4.69) is 34.4 Å². The van der Waals surface area contributed by atoms with Gasteiger partial charge in [0.15, 0.2) is 0 Å². The van der Waals surface area contributed by atoms with E-state index in [1.54, 1.807) is 6.21 Å². The first-order valence-electron chi connectivity index (χ1n) is 7.19. The lowest BCUT2D eigenvalue weighted by Gasteiger charge is -2.21. The van der Waals surface area contributed by atoms with E-state index in [-0.39, 0.29) is 4.75 Å². The zero-order valence-corrected chi connectivity index (χ0v) is 13.7. The molecule has 0 bridgehead atoms. The van der Waals surface area contributed by atoms with Crippen molar-refractivity contribution < 1.29 is 4.55 Å². The van der Waals surface area contributed by atoms with Gasteiger partial charge in [-0.25, -0.2) is 0 Å². The predicted octanol–water partition coefficient (Wildman–Crippen LogP) is 3.48. The van der Waals surface area contributed by atoms with Crippen molar-refractivity contribution in [2.75, 3.05) is 18.0 Å². The molecule has 1 aromatic carbocycles. The molecule has 1 heterocycles. The fraction of sp³-hybridized carbons (Fsp3) is 0.562. The molecule has 20 heavy (non-hydrogen) atoms. The molecule has 1 aromatic rings. The third-order valence-corrected chi connectivity index (χ3v) is 4.79. The van der Waals surface area contributed by atoms with E-state index in [9.17, 15) is 4.55 Å². The summed E-state index contributed by atoms with van der Waals surface area (Å²) in [5.74, 6) is 0. The first-order valence-corrected chi connectivity index (χ1v) is 8.30. The number of hydrogen-bond acceptors (Lipinski definition) is 3. The molecule has 2 rings (SSSR count). The number of hydrogen-bond donors (Lipinski definition) is 0. The molecule has 1 atom stereocenters. The molecule has 0 spiro atoms. The minimum absolute atomic E-state index is 0.311. The number of benzene rings is 1. The summed E-state index contributed by atoms with van der Waals surface area (Å²) in [6.07, 6.45) is 4.27. The standard InChI is InChI=1S/C16H24N2OS/c1-13-7-8-14(12-17-20(19)16(2,3)4)15(11-13)18-9-5-6-10-18/h7-8,11-12H,5-6,9-10H2,1-4H3. The van der Waals surface area contributed by atoms with Crippen molar-refractivity contribution >= 4 is 23.3 Å². The molecule has 0 aliphatic carbocycles. The zero-order valence-electron chi connectivity index (χ0n) is 12.8. The molecule has 4 heteroatoms. The lowest BCUT2D eigenvalue weighted by atomic mass is 10.1. The second kappa shape index (κ2) is 6.19. The molecule has 0 aromatic heterocycles. The van der Waals surface area contributed by atoms with Crippen molar-refractivity contribution in [3.63, 3.8) is 0 Å². The van der Waals surface area contributed by atoms with Crippen LogP contribution in [0.3, 0.4) is 0 Å². The molecule has 1 aliphatic heterocycles. The molecule has 1 saturated heterocycles. The maximum Gasteiger partial charge on any atom is 0.144 e. The van der Waals surface area contributed by atoms with Crippen molar-refractivity contribution in [1.82, 2.24) is 0 Å². The van der Waals surface area contributed by atoms with Crippen LogP contribution in [0, 0.1) is 6.92 Å². The van der Waals surface area contributed by atoms with Crippen molar-refractivity contribution in [1.29, 1.82) is 0 Å². The Balaban J connectivity index is 2.25. The Kier molecular flexibility index (Phi) is 4.76. The molecule has 1 aliphatic rings. The van der Waals surface area contributed by atoms with Crippen LogP contribution in [0.2, 0.25) is 0 Å². The fourth-order valence-corrected chi connectivity index (χ4v) is 2.78. The zero-order chi connectivity index (χ0) is 14.8. The van der Waals surface area contributed by atoms with Gasteiger partial charge in [0.05, 0.1) is 6.21 Å². The second-order valence-electron chi connectivity index (χ2n) is 6.35. The van der Waals surface area contributed by atoms with Gasteiger partial charge in [0.2, 0.25) is 0 Å². The van der Waals surface area contributed by atoms with Gasteiger partial charge in [-0.2, -0.15) is 0 Å². The van der Waals surface area contributed by atoms with Crippen LogP contribution < -0.4 is 4.90 Å². The van der Waals surface area contributed by atoms with Gasteiger partial charge in [0, 0.05) is 24.3 Å². The normalized spacial score (nSPS) is 17.9. The van der Waals surface area contributed by atoms with Crippen LogP contribution in [0.15, 0.2) is 22.6 Å². The van der Waals surface area contributed by atoms with Crippen LogP contribution in [-0.2, 0) is 11.4 Å². The van der Waals surface area contributed by atoms with Crippen LogP contribution in [0.5, 0.6) is 0 Å². The van der Waals surface area contributed by atoms with E-state index >= 15 is 0 Å². The Morgan fingerprint density at radius 1 is 1.25 bits per heavy atom. The summed E-state index contributed by atoms with van der Waals surface area (Å²) in [5, 5.41) is 0. The topological polar surface area (TPSA) is 38.7 Å². The molecule has 0 radical (unpaired) electrons. The molecule has 110 valence electrons. The van der Waals surface area contributed by atoms with Crippen molar-refractivity contribution in [3.8, 4) is 0 Å². The quantitative estimate of drug-likeness (QED) is 0.632. The maximum absolute atomic E-state index is 12.0. The monoisotopic (exact) mass is 292 g/mol. The molecule has 1 fully saturated rings. The molecular formula is C16H24N2OS. The molecule has 3 nitrogen and oxygen atoms in total. The first-order chi connectivity index (χ1) is 9.38. The molecule has 0 saturated carbocycles. The summed E-state index contributed by atoms with van der Waals surface area (Å²) in [6, 6.07) is 6.36. The number of rotatable bonds is 3. The van der Waals surface area contributed by atoms with Gasteiger partial charge >= 0.3 is 0 Å². The summed E-state index contributed by atoms with van der Waals surface area (Å²) in [5.41, 5.74) is 3.54. The highest BCUT2D eigenvalue weighted by molar-refractivity contribution is 7.91. The lowest BCUT2D eigenvalue weighted by Crippen LogP contribution is -2.26. The summed E-state index contributed by atoms with van der Waals surface area (Å²) < 4.78 is 16.0. The SMILES string of the molecule is Cc1ccc(C=N[S+]([O-])C(C)(C)C)c(N2CCCC2)c1. The highest BCUT2D eigenvalue weighted by atomic mass is 32.2. The summed E-state index contributed by atoms with van der Waals surface area (Å²) in [4.78, 5) is 2.40. The minimum atomic E-state index is -1.20. The number of aryl methyl sites for hydroxylation is 1. The van der Waals surface area contributed by atoms with Gasteiger partial charge in [-0.3, -0.25) is 0 Å². The van der Waals surface area contributed by atoms with Gasteiger partial charge in [0.25, 0.3) is 0 Å². The average molecular weight is 292 g/mol. The average Bonchev–Trinajstić information content (AvgIpc) is 2.89. The van der Waals surface area contributed by atoms with Crippen LogP contribution in [0.1, 0.15) is 44.7 Å². The van der Waals surface area contributed by atoms with E-state index in [1.807, 2.05) is 20.8 Å². The highest BCUT2D eigenvalue weighted by Gasteiger charge is 2.26. The first kappa shape index (κ1) is 15.4. The Morgan fingerprint density at radius 2 is 1.90 bits per heavy atom. The molecular weight excluding hydrogens is 268 g/mol. The number of nitrogens with zero attached hydrogens (tertiary/aromatic N) is 2. The number of anilines is 1. The van der Waals surface area contributed by atoms with Gasteiger partial charge in [-0.1, -0.05) is 16.5 Å². The van der Waals surface area contributed by atoms with E-state index in [0.29, 0.717) is 0 Å². The van der Waals surface area contributed by atoms with Crippen molar-refractivity contribution in [3.05, 3.63) is 29.3 Å². The van der Waals surface area contributed by atoms with E-state index < -0.39 is 11.4 Å². The highest BCUT2D eigenvalue weighted by Crippen LogP contribution is 2.25. The van der Waals surface area contributed by atoms with E-state index in [0.717, 1.165) is 18.7 Å². The van der Waals surface area contributed by atoms with Gasteiger partial charge < -0.3 is 9.45 Å². The summed E-state index contributed by atoms with van der Waals surface area (Å²) in [6.45, 7) is 10.1. The van der Waals surface area contributed by atoms with Crippen molar-refractivity contribution in [2.45, 2.75) is 45.3 Å².